The maximum absolute atomic E-state index is 2.48. The quantitative estimate of drug-likeness (QED) is 0.148. The summed E-state index contributed by atoms with van der Waals surface area (Å²) in [6.07, 6.45) is 0. The van der Waals surface area contributed by atoms with Crippen LogP contribution in [-0.4, -0.2) is 0 Å². The fourth-order valence-corrected chi connectivity index (χ4v) is 11.0. The van der Waals surface area contributed by atoms with Gasteiger partial charge in [0.1, 0.15) is 0 Å². The molecule has 0 saturated carbocycles. The van der Waals surface area contributed by atoms with Gasteiger partial charge in [-0.1, -0.05) is 212 Å². The van der Waals surface area contributed by atoms with Crippen LogP contribution in [0.5, 0.6) is 0 Å². The second-order valence-electron chi connectivity index (χ2n) is 17.4. The van der Waals surface area contributed by atoms with Crippen LogP contribution in [0.2, 0.25) is 0 Å². The molecular weight excluding hydrogens is 771 g/mol. The van der Waals surface area contributed by atoms with Gasteiger partial charge in [0.25, 0.3) is 0 Å². The van der Waals surface area contributed by atoms with Crippen LogP contribution in [0, 0.1) is 0 Å². The zero-order valence-corrected chi connectivity index (χ0v) is 35.7. The van der Waals surface area contributed by atoms with Crippen molar-refractivity contribution in [2.45, 2.75) is 17.8 Å². The van der Waals surface area contributed by atoms with Crippen molar-refractivity contribution in [3.05, 3.63) is 294 Å². The van der Waals surface area contributed by atoms with Crippen LogP contribution in [0.25, 0.3) is 44.5 Å². The van der Waals surface area contributed by atoms with Crippen LogP contribution < -0.4 is 4.90 Å². The van der Waals surface area contributed by atoms with E-state index >= 15 is 0 Å². The molecule has 12 rings (SSSR count). The normalized spacial score (nSPS) is 15.1. The molecule has 1 unspecified atom stereocenters. The van der Waals surface area contributed by atoms with E-state index in [1.807, 2.05) is 0 Å². The Morgan fingerprint density at radius 2 is 0.672 bits per heavy atom. The Labute approximate surface area is 376 Å². The van der Waals surface area contributed by atoms with Crippen LogP contribution in [0.1, 0.15) is 45.9 Å². The summed E-state index contributed by atoms with van der Waals surface area (Å²) in [7, 11) is 0. The van der Waals surface area contributed by atoms with Gasteiger partial charge in [-0.3, -0.25) is 0 Å². The van der Waals surface area contributed by atoms with E-state index in [9.17, 15) is 0 Å². The zero-order chi connectivity index (χ0) is 42.7. The molecule has 0 aromatic heterocycles. The molecule has 1 atom stereocenters. The number of hydrogen-bond acceptors (Lipinski definition) is 1. The van der Waals surface area contributed by atoms with Gasteiger partial charge in [-0.05, 0) is 133 Å². The molecule has 10 aromatic rings. The van der Waals surface area contributed by atoms with Gasteiger partial charge in [0, 0.05) is 22.5 Å². The summed E-state index contributed by atoms with van der Waals surface area (Å²) in [5.41, 5.74) is 21.5. The molecule has 1 heteroatoms. The summed E-state index contributed by atoms with van der Waals surface area (Å²) < 4.78 is 0. The lowest BCUT2D eigenvalue weighted by Gasteiger charge is -2.35. The second-order valence-corrected chi connectivity index (χ2v) is 17.4. The van der Waals surface area contributed by atoms with Gasteiger partial charge in [0.2, 0.25) is 0 Å². The average molecular weight is 816 g/mol. The predicted octanol–water partition coefficient (Wildman–Crippen LogP) is 16.2. The fraction of sp³-hybridized carbons (Fsp3) is 0.0476. The lowest BCUT2D eigenvalue weighted by Crippen LogP contribution is -2.28. The topological polar surface area (TPSA) is 3.24 Å². The molecule has 64 heavy (non-hydrogen) atoms. The average Bonchev–Trinajstić information content (AvgIpc) is 3.82. The molecule has 2 aliphatic rings. The lowest BCUT2D eigenvalue weighted by atomic mass is 9.67. The minimum atomic E-state index is -0.519. The Balaban J connectivity index is 1.07. The summed E-state index contributed by atoms with van der Waals surface area (Å²) >= 11 is 0. The Hall–Kier alpha value is -8.00. The summed E-state index contributed by atoms with van der Waals surface area (Å²) in [5.74, 6) is 0. The Kier molecular flexibility index (Phi) is 8.91. The molecule has 0 aliphatic heterocycles. The molecule has 0 heterocycles. The highest BCUT2D eigenvalue weighted by Gasteiger charge is 2.46. The molecule has 302 valence electrons. The molecular formula is C63H45N. The molecule has 0 bridgehead atoms. The monoisotopic (exact) mass is 815 g/mol. The summed E-state index contributed by atoms with van der Waals surface area (Å²) in [6, 6.07) is 94.2. The van der Waals surface area contributed by atoms with Crippen LogP contribution in [0.15, 0.2) is 255 Å². The number of anilines is 3. The first kappa shape index (κ1) is 37.7. The molecule has 0 fully saturated rings. The zero-order valence-electron chi connectivity index (χ0n) is 35.7. The summed E-state index contributed by atoms with van der Waals surface area (Å²) in [4.78, 5) is 2.48. The van der Waals surface area contributed by atoms with E-state index in [2.05, 4.69) is 267 Å². The van der Waals surface area contributed by atoms with E-state index in [1.54, 1.807) is 0 Å². The van der Waals surface area contributed by atoms with E-state index in [1.165, 1.54) is 83.5 Å². The number of nitrogens with zero attached hydrogens (tertiary/aromatic N) is 1. The van der Waals surface area contributed by atoms with Crippen molar-refractivity contribution in [2.75, 3.05) is 4.90 Å². The third-order valence-electron chi connectivity index (χ3n) is 14.0. The maximum atomic E-state index is 2.48. The van der Waals surface area contributed by atoms with Crippen LogP contribution in [0.4, 0.5) is 17.1 Å². The van der Waals surface area contributed by atoms with Gasteiger partial charge in [-0.15, -0.1) is 0 Å². The molecule has 0 saturated heterocycles. The first-order valence-electron chi connectivity index (χ1n) is 22.3. The van der Waals surface area contributed by atoms with E-state index in [0.29, 0.717) is 0 Å². The number of benzene rings is 10. The third kappa shape index (κ3) is 5.78. The summed E-state index contributed by atoms with van der Waals surface area (Å²) in [6.45, 7) is 2.40. The number of hydrogen-bond donors (Lipinski definition) is 0. The highest BCUT2D eigenvalue weighted by molar-refractivity contribution is 5.91. The van der Waals surface area contributed by atoms with Crippen molar-refractivity contribution < 1.29 is 0 Å². The highest BCUT2D eigenvalue weighted by Crippen LogP contribution is 2.58. The van der Waals surface area contributed by atoms with Crippen LogP contribution in [-0.2, 0) is 10.8 Å². The van der Waals surface area contributed by atoms with Crippen molar-refractivity contribution in [3.63, 3.8) is 0 Å². The SMILES string of the molecule is CC1(c2ccccc2)c2ccccc2-c2ccc(N(c3ccc(-c4cccc(-c5ccccc5)c4)cc3)c3ccc4c(c3)C(c3ccccc3)(c3ccccc3)c3ccccc3-4)cc21. The van der Waals surface area contributed by atoms with Crippen molar-refractivity contribution >= 4 is 17.1 Å². The van der Waals surface area contributed by atoms with E-state index < -0.39 is 5.41 Å². The highest BCUT2D eigenvalue weighted by atomic mass is 15.1. The van der Waals surface area contributed by atoms with Crippen LogP contribution >= 0.6 is 0 Å². The van der Waals surface area contributed by atoms with Crippen molar-refractivity contribution in [2.24, 2.45) is 0 Å². The number of rotatable bonds is 8. The van der Waals surface area contributed by atoms with Gasteiger partial charge < -0.3 is 4.90 Å². The molecule has 0 N–H and O–H groups in total. The van der Waals surface area contributed by atoms with Crippen molar-refractivity contribution in [1.29, 1.82) is 0 Å². The van der Waals surface area contributed by atoms with Crippen LogP contribution in [0.3, 0.4) is 0 Å². The first-order chi connectivity index (χ1) is 31.6. The van der Waals surface area contributed by atoms with Crippen molar-refractivity contribution in [3.8, 4) is 44.5 Å². The minimum absolute atomic E-state index is 0.335. The fourth-order valence-electron chi connectivity index (χ4n) is 11.0. The van der Waals surface area contributed by atoms with E-state index in [-0.39, 0.29) is 5.41 Å². The minimum Gasteiger partial charge on any atom is -0.310 e. The number of fused-ring (bicyclic) bond motifs is 6. The van der Waals surface area contributed by atoms with Crippen molar-refractivity contribution in [1.82, 2.24) is 0 Å². The van der Waals surface area contributed by atoms with Gasteiger partial charge in [0.05, 0.1) is 5.41 Å². The maximum Gasteiger partial charge on any atom is 0.0714 e. The van der Waals surface area contributed by atoms with Gasteiger partial charge in [-0.25, -0.2) is 0 Å². The van der Waals surface area contributed by atoms with E-state index in [0.717, 1.165) is 17.1 Å². The molecule has 2 aliphatic carbocycles. The Morgan fingerprint density at radius 3 is 1.27 bits per heavy atom. The molecule has 10 aromatic carbocycles. The molecule has 0 radical (unpaired) electrons. The molecule has 0 amide bonds. The standard InChI is InChI=1S/C63H45N/c1-62(48-23-8-3-9-24-48)58-31-16-14-29-54(58)56-39-37-52(42-60(56)62)64(51-35-33-45(34-36-51)47-22-18-21-46(41-47)44-19-6-2-7-20-44)53-38-40-57-55-30-15-17-32-59(55)63(61(57)43-53,49-25-10-4-11-26-49)50-27-12-5-13-28-50/h2-43H,1H3. The largest absolute Gasteiger partial charge is 0.310 e. The summed E-state index contributed by atoms with van der Waals surface area (Å²) in [5, 5.41) is 0. The second kappa shape index (κ2) is 15.1. The van der Waals surface area contributed by atoms with Gasteiger partial charge >= 0.3 is 0 Å². The first-order valence-corrected chi connectivity index (χ1v) is 22.3. The van der Waals surface area contributed by atoms with Gasteiger partial charge in [0.15, 0.2) is 0 Å². The third-order valence-corrected chi connectivity index (χ3v) is 14.0. The lowest BCUT2D eigenvalue weighted by molar-refractivity contribution is 0.714. The Bertz CT molecular complexity index is 3280. The van der Waals surface area contributed by atoms with E-state index in [4.69, 9.17) is 0 Å². The molecule has 1 nitrogen and oxygen atoms in total. The van der Waals surface area contributed by atoms with Gasteiger partial charge in [-0.2, -0.15) is 0 Å². The predicted molar refractivity (Wildman–Crippen MR) is 267 cm³/mol. The Morgan fingerprint density at radius 1 is 0.266 bits per heavy atom. The molecule has 0 spiro atoms. The smallest absolute Gasteiger partial charge is 0.0714 e.